The molecule has 0 aromatic heterocycles. The molecule has 0 aliphatic rings. The van der Waals surface area contributed by atoms with Crippen molar-refractivity contribution in [3.8, 4) is 0 Å². The van der Waals surface area contributed by atoms with Crippen LogP contribution in [0.4, 0.5) is 0 Å². The van der Waals surface area contributed by atoms with Gasteiger partial charge in [0.25, 0.3) is 0 Å². The molecule has 0 aromatic carbocycles. The predicted octanol–water partition coefficient (Wildman–Crippen LogP) is 3.03. The van der Waals surface area contributed by atoms with Crippen LogP contribution in [0.5, 0.6) is 0 Å². The summed E-state index contributed by atoms with van der Waals surface area (Å²) in [5.41, 5.74) is -1.01. The van der Waals surface area contributed by atoms with Crippen LogP contribution in [-0.2, 0) is 4.79 Å². The van der Waals surface area contributed by atoms with Gasteiger partial charge in [0.2, 0.25) is 0 Å². The second kappa shape index (κ2) is 3.89. The number of hydrogen-bond donors (Lipinski definition) is 1. The van der Waals surface area contributed by atoms with Crippen LogP contribution in [0.1, 0.15) is 55.4 Å². The summed E-state index contributed by atoms with van der Waals surface area (Å²) in [5, 5.41) is 10.2. The summed E-state index contributed by atoms with van der Waals surface area (Å²) in [6.45, 7) is 15.6. The Labute approximate surface area is 94.1 Å². The Balaban J connectivity index is 5.03. The fourth-order valence-corrected chi connectivity index (χ4v) is 1.15. The summed E-state index contributed by atoms with van der Waals surface area (Å²) in [4.78, 5) is 12.0. The molecule has 90 valence electrons. The van der Waals surface area contributed by atoms with E-state index in [1.165, 1.54) is 0 Å². The average Bonchev–Trinajstić information content (AvgIpc) is 1.97. The van der Waals surface area contributed by atoms with E-state index in [0.29, 0.717) is 0 Å². The molecule has 0 fully saturated rings. The van der Waals surface area contributed by atoms with Crippen molar-refractivity contribution in [1.29, 1.82) is 0 Å². The second-order valence-electron chi connectivity index (χ2n) is 6.99. The van der Waals surface area contributed by atoms with Crippen molar-refractivity contribution in [3.63, 3.8) is 0 Å². The summed E-state index contributed by atoms with van der Waals surface area (Å²) >= 11 is 0. The molecule has 0 aliphatic heterocycles. The Bertz CT molecular complexity index is 238. The zero-order chi connectivity index (χ0) is 12.7. The molecule has 0 radical (unpaired) electrons. The van der Waals surface area contributed by atoms with Gasteiger partial charge in [0.05, 0.1) is 0 Å². The molecule has 2 heteroatoms. The van der Waals surface area contributed by atoms with E-state index in [-0.39, 0.29) is 11.2 Å². The van der Waals surface area contributed by atoms with Crippen molar-refractivity contribution in [3.05, 3.63) is 0 Å². The van der Waals surface area contributed by atoms with E-state index in [2.05, 4.69) is 0 Å². The monoisotopic (exact) mass is 214 g/mol. The Hall–Kier alpha value is -0.370. The van der Waals surface area contributed by atoms with Crippen LogP contribution in [0, 0.1) is 16.2 Å². The molecule has 0 rings (SSSR count). The third-order valence-corrected chi connectivity index (χ3v) is 3.60. The maximum atomic E-state index is 12.0. The lowest BCUT2D eigenvalue weighted by Crippen LogP contribution is -2.48. The quantitative estimate of drug-likeness (QED) is 0.767. The van der Waals surface area contributed by atoms with Gasteiger partial charge in [0.1, 0.15) is 6.10 Å². The molecular formula is C13H26O2. The van der Waals surface area contributed by atoms with E-state index in [9.17, 15) is 9.90 Å². The molecule has 0 amide bonds. The molecule has 0 saturated carbocycles. The maximum absolute atomic E-state index is 12.0. The first kappa shape index (κ1) is 14.6. The van der Waals surface area contributed by atoms with Crippen LogP contribution in [-0.4, -0.2) is 17.0 Å². The highest BCUT2D eigenvalue weighted by Crippen LogP contribution is 2.42. The van der Waals surface area contributed by atoms with Crippen LogP contribution in [0.15, 0.2) is 0 Å². The summed E-state index contributed by atoms with van der Waals surface area (Å²) in [5.74, 6) is -0.0811. The fraction of sp³-hybridized carbons (Fsp3) is 0.923. The van der Waals surface area contributed by atoms with Crippen molar-refractivity contribution in [2.45, 2.75) is 61.5 Å². The minimum absolute atomic E-state index is 0.0811. The van der Waals surface area contributed by atoms with Gasteiger partial charge >= 0.3 is 0 Å². The largest absolute Gasteiger partial charge is 0.385 e. The fourth-order valence-electron chi connectivity index (χ4n) is 1.15. The molecule has 2 nitrogen and oxygen atoms in total. The van der Waals surface area contributed by atoms with E-state index in [0.717, 1.165) is 0 Å². The molecule has 0 aromatic rings. The molecule has 1 N–H and O–H groups in total. The molecule has 1 atom stereocenters. The Morgan fingerprint density at radius 2 is 1.27 bits per heavy atom. The van der Waals surface area contributed by atoms with Crippen LogP contribution in [0.2, 0.25) is 0 Å². The molecule has 0 unspecified atom stereocenters. The van der Waals surface area contributed by atoms with Crippen molar-refractivity contribution < 1.29 is 9.90 Å². The molecule has 15 heavy (non-hydrogen) atoms. The first-order chi connectivity index (χ1) is 6.32. The predicted molar refractivity (Wildman–Crippen MR) is 63.7 cm³/mol. The number of rotatable bonds is 2. The zero-order valence-electron chi connectivity index (χ0n) is 11.4. The molecular weight excluding hydrogens is 188 g/mol. The van der Waals surface area contributed by atoms with Crippen molar-refractivity contribution in [2.75, 3.05) is 0 Å². The Kier molecular flexibility index (Phi) is 3.80. The highest BCUT2D eigenvalue weighted by Gasteiger charge is 2.45. The van der Waals surface area contributed by atoms with Gasteiger partial charge < -0.3 is 5.11 Å². The van der Waals surface area contributed by atoms with Gasteiger partial charge in [-0.1, -0.05) is 55.4 Å². The first-order valence-corrected chi connectivity index (χ1v) is 5.54. The highest BCUT2D eigenvalue weighted by molar-refractivity contribution is 5.88. The van der Waals surface area contributed by atoms with Gasteiger partial charge in [-0.05, 0) is 5.41 Å². The molecule has 0 saturated heterocycles. The Morgan fingerprint density at radius 3 is 1.47 bits per heavy atom. The van der Waals surface area contributed by atoms with E-state index < -0.39 is 16.9 Å². The van der Waals surface area contributed by atoms with Crippen molar-refractivity contribution in [1.82, 2.24) is 0 Å². The van der Waals surface area contributed by atoms with Crippen molar-refractivity contribution >= 4 is 5.78 Å². The Morgan fingerprint density at radius 1 is 0.933 bits per heavy atom. The number of ketones is 1. The zero-order valence-corrected chi connectivity index (χ0v) is 11.4. The van der Waals surface area contributed by atoms with Crippen molar-refractivity contribution in [2.24, 2.45) is 16.2 Å². The SMILES string of the molecule is CC(C)(C)C(=O)[C@H](O)C(C)(C)C(C)(C)C. The van der Waals surface area contributed by atoms with E-state index >= 15 is 0 Å². The standard InChI is InChI=1S/C13H26O2/c1-11(2,3)9(14)10(15)13(7,8)12(4,5)6/h10,15H,1-8H3/t10-/m0/s1. The highest BCUT2D eigenvalue weighted by atomic mass is 16.3. The van der Waals surface area contributed by atoms with Crippen LogP contribution < -0.4 is 0 Å². The van der Waals surface area contributed by atoms with Gasteiger partial charge in [-0.3, -0.25) is 4.79 Å². The summed E-state index contributed by atoms with van der Waals surface area (Å²) in [6, 6.07) is 0. The summed E-state index contributed by atoms with van der Waals surface area (Å²) in [6.07, 6.45) is -0.905. The lowest BCUT2D eigenvalue weighted by Gasteiger charge is -2.43. The summed E-state index contributed by atoms with van der Waals surface area (Å²) in [7, 11) is 0. The average molecular weight is 214 g/mol. The molecule has 0 aliphatic carbocycles. The van der Waals surface area contributed by atoms with Gasteiger partial charge in [-0.25, -0.2) is 0 Å². The smallest absolute Gasteiger partial charge is 0.167 e. The second-order valence-corrected chi connectivity index (χ2v) is 6.99. The number of Topliss-reactive ketones (excluding diaryl/α,β-unsaturated/α-hetero) is 1. The van der Waals surface area contributed by atoms with Crippen LogP contribution >= 0.6 is 0 Å². The van der Waals surface area contributed by atoms with Gasteiger partial charge in [0, 0.05) is 10.8 Å². The van der Waals surface area contributed by atoms with Gasteiger partial charge in [-0.2, -0.15) is 0 Å². The lowest BCUT2D eigenvalue weighted by molar-refractivity contribution is -0.146. The molecule has 0 heterocycles. The first-order valence-electron chi connectivity index (χ1n) is 5.54. The van der Waals surface area contributed by atoms with Gasteiger partial charge in [-0.15, -0.1) is 0 Å². The number of aliphatic hydroxyl groups is 1. The summed E-state index contributed by atoms with van der Waals surface area (Å²) < 4.78 is 0. The van der Waals surface area contributed by atoms with E-state index in [4.69, 9.17) is 0 Å². The minimum atomic E-state index is -0.905. The van der Waals surface area contributed by atoms with Gasteiger partial charge in [0.15, 0.2) is 5.78 Å². The topological polar surface area (TPSA) is 37.3 Å². The third kappa shape index (κ3) is 3.04. The lowest BCUT2D eigenvalue weighted by atomic mass is 9.63. The minimum Gasteiger partial charge on any atom is -0.385 e. The normalized spacial score (nSPS) is 16.3. The number of aliphatic hydroxyl groups excluding tert-OH is 1. The maximum Gasteiger partial charge on any atom is 0.167 e. The number of carbonyl (C=O) groups is 1. The van der Waals surface area contributed by atoms with Crippen LogP contribution in [0.25, 0.3) is 0 Å². The van der Waals surface area contributed by atoms with E-state index in [1.54, 1.807) is 0 Å². The third-order valence-electron chi connectivity index (χ3n) is 3.60. The molecule has 0 spiro atoms. The van der Waals surface area contributed by atoms with Crippen LogP contribution in [0.3, 0.4) is 0 Å². The van der Waals surface area contributed by atoms with E-state index in [1.807, 2.05) is 55.4 Å². The number of hydrogen-bond acceptors (Lipinski definition) is 2. The molecule has 0 bridgehead atoms. The number of carbonyl (C=O) groups excluding carboxylic acids is 1.